The predicted octanol–water partition coefficient (Wildman–Crippen LogP) is 6.03. The van der Waals surface area contributed by atoms with E-state index in [4.69, 9.17) is 0 Å². The largest absolute Gasteiger partial charge is 0.481 e. The minimum Gasteiger partial charge on any atom is -0.481 e. The summed E-state index contributed by atoms with van der Waals surface area (Å²) in [5, 5.41) is 19.1. The Hall–Kier alpha value is -1.14. The van der Waals surface area contributed by atoms with Gasteiger partial charge in [0.05, 0.1) is 11.8 Å². The first-order valence-corrected chi connectivity index (χ1v) is 13.5. The second kappa shape index (κ2) is 10.9. The number of piperidine rings is 2. The molecule has 2 saturated heterocycles. The van der Waals surface area contributed by atoms with Gasteiger partial charge in [0.1, 0.15) is 0 Å². The van der Waals surface area contributed by atoms with E-state index in [0.717, 1.165) is 51.6 Å². The molecule has 0 saturated carbocycles. The maximum absolute atomic E-state index is 11.6. The van der Waals surface area contributed by atoms with Crippen LogP contribution in [0.4, 0.5) is 0 Å². The monoisotopic (exact) mass is 480 g/mol. The zero-order valence-corrected chi connectivity index (χ0v) is 23.2. The van der Waals surface area contributed by atoms with E-state index >= 15 is 0 Å². The van der Waals surface area contributed by atoms with E-state index in [0.29, 0.717) is 0 Å². The summed E-state index contributed by atoms with van der Waals surface area (Å²) < 4.78 is 0. The number of likely N-dealkylation sites (tertiary alicyclic amines) is 2. The fraction of sp³-hybridized carbons (Fsp3) is 0.929. The average Bonchev–Trinajstić information content (AvgIpc) is 2.65. The molecule has 0 bridgehead atoms. The highest BCUT2D eigenvalue weighted by Gasteiger charge is 2.48. The van der Waals surface area contributed by atoms with E-state index in [1.807, 2.05) is 0 Å². The van der Waals surface area contributed by atoms with Crippen LogP contribution >= 0.6 is 0 Å². The maximum atomic E-state index is 11.6. The predicted molar refractivity (Wildman–Crippen MR) is 138 cm³/mol. The normalized spacial score (nSPS) is 25.3. The van der Waals surface area contributed by atoms with Crippen molar-refractivity contribution in [2.24, 2.45) is 11.8 Å². The van der Waals surface area contributed by atoms with Gasteiger partial charge in [-0.3, -0.25) is 19.4 Å². The van der Waals surface area contributed by atoms with Gasteiger partial charge >= 0.3 is 11.9 Å². The molecule has 2 fully saturated rings. The Kier molecular flexibility index (Phi) is 9.29. The lowest BCUT2D eigenvalue weighted by molar-refractivity contribution is -0.151. The van der Waals surface area contributed by atoms with Gasteiger partial charge in [-0.15, -0.1) is 0 Å². The van der Waals surface area contributed by atoms with Gasteiger partial charge in [-0.1, -0.05) is 25.7 Å². The lowest BCUT2D eigenvalue weighted by Crippen LogP contribution is -2.61. The number of hydrogen-bond donors (Lipinski definition) is 2. The van der Waals surface area contributed by atoms with Crippen molar-refractivity contribution in [1.82, 2.24) is 9.80 Å². The van der Waals surface area contributed by atoms with Crippen molar-refractivity contribution in [3.8, 4) is 0 Å². The molecule has 198 valence electrons. The van der Waals surface area contributed by atoms with Gasteiger partial charge < -0.3 is 10.2 Å². The topological polar surface area (TPSA) is 81.1 Å². The third kappa shape index (κ3) is 7.19. The molecular weight excluding hydrogens is 428 g/mol. The van der Waals surface area contributed by atoms with Crippen molar-refractivity contribution in [3.63, 3.8) is 0 Å². The summed E-state index contributed by atoms with van der Waals surface area (Å²) in [5.74, 6) is -1.80. The van der Waals surface area contributed by atoms with Gasteiger partial charge in [0.15, 0.2) is 0 Å². The number of rotatable bonds is 11. The molecule has 0 aromatic carbocycles. The summed E-state index contributed by atoms with van der Waals surface area (Å²) in [6, 6.07) is 0. The molecular formula is C28H52N2O4. The summed E-state index contributed by atoms with van der Waals surface area (Å²) in [6.07, 6.45) is 10.1. The lowest BCUT2D eigenvalue weighted by Gasteiger charge is -2.55. The van der Waals surface area contributed by atoms with Crippen molar-refractivity contribution in [2.75, 3.05) is 13.1 Å². The van der Waals surface area contributed by atoms with Crippen LogP contribution in [-0.2, 0) is 9.59 Å². The second-order valence-corrected chi connectivity index (χ2v) is 13.6. The van der Waals surface area contributed by atoms with Gasteiger partial charge in [0.25, 0.3) is 0 Å². The third-order valence-electron chi connectivity index (χ3n) is 8.62. The number of aliphatic carboxylic acids is 2. The standard InChI is InChI=1S/C28H52N2O4/c1-25(2)17-21(23(31)32)18-26(3,4)29(25)15-13-11-9-10-12-14-16-30-27(5,6)19-22(24(33)34)20-28(30,7)8/h21-22H,9-20H2,1-8H3,(H,31,32)(H,33,34). The summed E-state index contributed by atoms with van der Waals surface area (Å²) >= 11 is 0. The molecule has 0 unspecified atom stereocenters. The quantitative estimate of drug-likeness (QED) is 0.351. The van der Waals surface area contributed by atoms with Crippen molar-refractivity contribution in [1.29, 1.82) is 0 Å². The second-order valence-electron chi connectivity index (χ2n) is 13.6. The van der Waals surface area contributed by atoms with E-state index in [2.05, 4.69) is 65.2 Å². The Labute approximate surface area is 208 Å². The average molecular weight is 481 g/mol. The number of carbonyl (C=O) groups is 2. The fourth-order valence-electron chi connectivity index (χ4n) is 7.44. The number of hydrogen-bond acceptors (Lipinski definition) is 4. The fourth-order valence-corrected chi connectivity index (χ4v) is 7.44. The first-order chi connectivity index (χ1) is 15.5. The summed E-state index contributed by atoms with van der Waals surface area (Å²) in [5.41, 5.74) is -0.339. The van der Waals surface area contributed by atoms with Crippen LogP contribution in [0.2, 0.25) is 0 Å². The van der Waals surface area contributed by atoms with Crippen LogP contribution in [0.15, 0.2) is 0 Å². The zero-order chi connectivity index (χ0) is 25.9. The lowest BCUT2D eigenvalue weighted by atomic mass is 9.73. The van der Waals surface area contributed by atoms with Gasteiger partial charge in [-0.2, -0.15) is 0 Å². The Morgan fingerprint density at radius 1 is 0.559 bits per heavy atom. The highest BCUT2D eigenvalue weighted by molar-refractivity contribution is 5.71. The summed E-state index contributed by atoms with van der Waals surface area (Å²) in [4.78, 5) is 28.3. The SMILES string of the molecule is CC1(C)CC(C(=O)O)CC(C)(C)N1CCCCCCCCN1C(C)(C)CC(C(=O)O)CC1(C)C. The van der Waals surface area contributed by atoms with Gasteiger partial charge in [-0.05, 0) is 107 Å². The molecule has 34 heavy (non-hydrogen) atoms. The molecule has 6 heteroatoms. The van der Waals surface area contributed by atoms with Crippen LogP contribution in [0.3, 0.4) is 0 Å². The molecule has 0 aromatic heterocycles. The summed E-state index contributed by atoms with van der Waals surface area (Å²) in [7, 11) is 0. The third-order valence-corrected chi connectivity index (χ3v) is 8.62. The molecule has 0 aromatic rings. The number of carboxylic acids is 2. The molecule has 6 nitrogen and oxygen atoms in total. The maximum Gasteiger partial charge on any atom is 0.306 e. The van der Waals surface area contributed by atoms with E-state index in [1.54, 1.807) is 0 Å². The Bertz CT molecular complexity index is 617. The minimum atomic E-state index is -0.654. The molecule has 0 spiro atoms. The van der Waals surface area contributed by atoms with Crippen molar-refractivity contribution in [3.05, 3.63) is 0 Å². The highest BCUT2D eigenvalue weighted by Crippen LogP contribution is 2.42. The highest BCUT2D eigenvalue weighted by atomic mass is 16.4. The van der Waals surface area contributed by atoms with E-state index in [-0.39, 0.29) is 34.0 Å². The Morgan fingerprint density at radius 2 is 0.794 bits per heavy atom. The van der Waals surface area contributed by atoms with E-state index < -0.39 is 11.9 Å². The Balaban J connectivity index is 1.71. The molecule has 0 amide bonds. The molecule has 2 heterocycles. The molecule has 0 atom stereocenters. The molecule has 2 aliphatic rings. The molecule has 2 rings (SSSR count). The van der Waals surface area contributed by atoms with Crippen LogP contribution in [0, 0.1) is 11.8 Å². The van der Waals surface area contributed by atoms with E-state index in [9.17, 15) is 19.8 Å². The number of nitrogens with zero attached hydrogens (tertiary/aromatic N) is 2. The van der Waals surface area contributed by atoms with Crippen LogP contribution in [0.25, 0.3) is 0 Å². The first kappa shape index (κ1) is 29.1. The van der Waals surface area contributed by atoms with Crippen LogP contribution in [0.5, 0.6) is 0 Å². The molecule has 2 aliphatic heterocycles. The molecule has 0 radical (unpaired) electrons. The Morgan fingerprint density at radius 3 is 1.03 bits per heavy atom. The molecule has 0 aliphatic carbocycles. The minimum absolute atomic E-state index is 0.0848. The van der Waals surface area contributed by atoms with Gasteiger partial charge in [-0.25, -0.2) is 0 Å². The van der Waals surface area contributed by atoms with E-state index in [1.165, 1.54) is 25.7 Å². The van der Waals surface area contributed by atoms with Gasteiger partial charge in [0, 0.05) is 22.2 Å². The summed E-state index contributed by atoms with van der Waals surface area (Å²) in [6.45, 7) is 19.7. The van der Waals surface area contributed by atoms with Crippen LogP contribution in [0.1, 0.15) is 120 Å². The van der Waals surface area contributed by atoms with Crippen LogP contribution < -0.4 is 0 Å². The van der Waals surface area contributed by atoms with Crippen molar-refractivity contribution in [2.45, 2.75) is 142 Å². The molecule has 2 N–H and O–H groups in total. The van der Waals surface area contributed by atoms with Crippen molar-refractivity contribution >= 4 is 11.9 Å². The zero-order valence-electron chi connectivity index (χ0n) is 23.2. The smallest absolute Gasteiger partial charge is 0.306 e. The van der Waals surface area contributed by atoms with Crippen molar-refractivity contribution < 1.29 is 19.8 Å². The number of carboxylic acid groups (broad SMARTS) is 2. The van der Waals surface area contributed by atoms with Crippen LogP contribution in [-0.4, -0.2) is 67.2 Å². The number of unbranched alkanes of at least 4 members (excludes halogenated alkanes) is 5. The first-order valence-electron chi connectivity index (χ1n) is 13.5. The van der Waals surface area contributed by atoms with Gasteiger partial charge in [0.2, 0.25) is 0 Å².